The summed E-state index contributed by atoms with van der Waals surface area (Å²) in [5.74, 6) is -1.08. The van der Waals surface area contributed by atoms with Crippen LogP contribution in [0.1, 0.15) is 22.8 Å². The number of carbonyl (C=O) groups is 2. The second kappa shape index (κ2) is 9.79. The Labute approximate surface area is 172 Å². The van der Waals surface area contributed by atoms with Crippen LogP contribution < -0.4 is 10.1 Å². The molecule has 0 bridgehead atoms. The SMILES string of the molecule is CCOC(=O)c1cc(Cl)c(NC(=O)/C(C#N)=C/c2ccc(Cl)cc2)cc1OC. The van der Waals surface area contributed by atoms with Crippen molar-refractivity contribution in [2.45, 2.75) is 6.92 Å². The minimum absolute atomic E-state index is 0.0981. The third kappa shape index (κ3) is 5.26. The lowest BCUT2D eigenvalue weighted by atomic mass is 10.1. The summed E-state index contributed by atoms with van der Waals surface area (Å²) in [6.07, 6.45) is 1.42. The second-order valence-corrected chi connectivity index (χ2v) is 6.27. The maximum atomic E-state index is 12.5. The number of hydrogen-bond acceptors (Lipinski definition) is 5. The van der Waals surface area contributed by atoms with E-state index in [-0.39, 0.29) is 34.2 Å². The van der Waals surface area contributed by atoms with Crippen molar-refractivity contribution in [3.05, 3.63) is 63.1 Å². The molecule has 8 heteroatoms. The van der Waals surface area contributed by atoms with Crippen molar-refractivity contribution < 1.29 is 19.1 Å². The van der Waals surface area contributed by atoms with E-state index in [1.54, 1.807) is 31.2 Å². The number of amides is 1. The molecule has 0 aliphatic carbocycles. The minimum atomic E-state index is -0.662. The van der Waals surface area contributed by atoms with Gasteiger partial charge in [0.15, 0.2) is 0 Å². The van der Waals surface area contributed by atoms with Gasteiger partial charge in [-0.3, -0.25) is 4.79 Å². The average molecular weight is 419 g/mol. The Balaban J connectivity index is 2.30. The number of carbonyl (C=O) groups excluding carboxylic acids is 2. The highest BCUT2D eigenvalue weighted by Gasteiger charge is 2.19. The van der Waals surface area contributed by atoms with E-state index in [0.717, 1.165) is 0 Å². The maximum Gasteiger partial charge on any atom is 0.341 e. The summed E-state index contributed by atoms with van der Waals surface area (Å²) in [7, 11) is 1.37. The van der Waals surface area contributed by atoms with Gasteiger partial charge in [-0.05, 0) is 36.8 Å². The molecule has 0 saturated carbocycles. The quantitative estimate of drug-likeness (QED) is 0.416. The largest absolute Gasteiger partial charge is 0.496 e. The van der Waals surface area contributed by atoms with Crippen LogP contribution in [0.3, 0.4) is 0 Å². The zero-order chi connectivity index (χ0) is 20.7. The number of halogens is 2. The highest BCUT2D eigenvalue weighted by molar-refractivity contribution is 6.34. The van der Waals surface area contributed by atoms with Gasteiger partial charge in [-0.1, -0.05) is 35.3 Å². The van der Waals surface area contributed by atoms with Gasteiger partial charge in [-0.25, -0.2) is 4.79 Å². The number of nitrogens with one attached hydrogen (secondary N) is 1. The summed E-state index contributed by atoms with van der Waals surface area (Å²) < 4.78 is 10.1. The number of methoxy groups -OCH3 is 1. The van der Waals surface area contributed by atoms with Crippen molar-refractivity contribution in [2.75, 3.05) is 19.0 Å². The van der Waals surface area contributed by atoms with Gasteiger partial charge >= 0.3 is 5.97 Å². The van der Waals surface area contributed by atoms with Crippen molar-refractivity contribution in [3.8, 4) is 11.8 Å². The van der Waals surface area contributed by atoms with Gasteiger partial charge in [-0.2, -0.15) is 5.26 Å². The van der Waals surface area contributed by atoms with E-state index in [2.05, 4.69) is 5.32 Å². The molecule has 0 aromatic heterocycles. The smallest absolute Gasteiger partial charge is 0.341 e. The van der Waals surface area contributed by atoms with Gasteiger partial charge in [0.05, 0.1) is 24.4 Å². The fraction of sp³-hybridized carbons (Fsp3) is 0.150. The molecular formula is C20H16Cl2N2O4. The van der Waals surface area contributed by atoms with Crippen LogP contribution in [0.2, 0.25) is 10.0 Å². The molecule has 1 amide bonds. The number of ether oxygens (including phenoxy) is 2. The van der Waals surface area contributed by atoms with Crippen LogP contribution in [0.4, 0.5) is 5.69 Å². The third-order valence-electron chi connectivity index (χ3n) is 3.58. The van der Waals surface area contributed by atoms with E-state index in [9.17, 15) is 14.9 Å². The Bertz CT molecular complexity index is 963. The first-order valence-corrected chi connectivity index (χ1v) is 8.88. The van der Waals surface area contributed by atoms with Gasteiger partial charge < -0.3 is 14.8 Å². The molecule has 0 atom stereocenters. The summed E-state index contributed by atoms with van der Waals surface area (Å²) in [5.41, 5.74) is 0.822. The summed E-state index contributed by atoms with van der Waals surface area (Å²) in [6.45, 7) is 1.87. The van der Waals surface area contributed by atoms with Crippen LogP contribution in [0.5, 0.6) is 5.75 Å². The molecule has 1 N–H and O–H groups in total. The van der Waals surface area contributed by atoms with Gasteiger partial charge in [0.2, 0.25) is 0 Å². The van der Waals surface area contributed by atoms with E-state index in [0.29, 0.717) is 10.6 Å². The predicted molar refractivity (Wildman–Crippen MR) is 108 cm³/mol. The van der Waals surface area contributed by atoms with Gasteiger partial charge in [0.25, 0.3) is 5.91 Å². The molecule has 2 aromatic carbocycles. The predicted octanol–water partition coefficient (Wildman–Crippen LogP) is 4.72. The number of esters is 1. The first kappa shape index (κ1) is 21.3. The Morgan fingerprint density at radius 1 is 1.21 bits per heavy atom. The average Bonchev–Trinajstić information content (AvgIpc) is 2.68. The van der Waals surface area contributed by atoms with E-state index in [1.807, 2.05) is 6.07 Å². The molecule has 0 aliphatic rings. The molecule has 0 heterocycles. The highest BCUT2D eigenvalue weighted by Crippen LogP contribution is 2.32. The van der Waals surface area contributed by atoms with Gasteiger partial charge in [-0.15, -0.1) is 0 Å². The monoisotopic (exact) mass is 418 g/mol. The molecule has 28 heavy (non-hydrogen) atoms. The molecule has 6 nitrogen and oxygen atoms in total. The van der Waals surface area contributed by atoms with Crippen LogP contribution in [-0.2, 0) is 9.53 Å². The molecule has 144 valence electrons. The Morgan fingerprint density at radius 3 is 2.46 bits per heavy atom. The van der Waals surface area contributed by atoms with E-state index in [4.69, 9.17) is 32.7 Å². The van der Waals surface area contributed by atoms with Crippen molar-refractivity contribution >= 4 is 46.8 Å². The molecule has 0 unspecified atom stereocenters. The Kier molecular flexibility index (Phi) is 7.44. The van der Waals surface area contributed by atoms with Crippen LogP contribution in [0.25, 0.3) is 6.08 Å². The minimum Gasteiger partial charge on any atom is -0.496 e. The van der Waals surface area contributed by atoms with Crippen LogP contribution >= 0.6 is 23.2 Å². The Morgan fingerprint density at radius 2 is 1.89 bits per heavy atom. The molecule has 0 saturated heterocycles. The molecule has 0 radical (unpaired) electrons. The zero-order valence-corrected chi connectivity index (χ0v) is 16.6. The van der Waals surface area contributed by atoms with Gasteiger partial charge in [0, 0.05) is 11.1 Å². The van der Waals surface area contributed by atoms with E-state index < -0.39 is 11.9 Å². The van der Waals surface area contributed by atoms with Crippen LogP contribution in [0.15, 0.2) is 42.0 Å². The topological polar surface area (TPSA) is 88.4 Å². The van der Waals surface area contributed by atoms with Crippen molar-refractivity contribution in [3.63, 3.8) is 0 Å². The number of rotatable bonds is 6. The summed E-state index contributed by atoms with van der Waals surface area (Å²) in [4.78, 5) is 24.5. The fourth-order valence-electron chi connectivity index (χ4n) is 2.25. The second-order valence-electron chi connectivity index (χ2n) is 5.43. The Hall–Kier alpha value is -3.01. The first-order chi connectivity index (χ1) is 13.4. The number of anilines is 1. The normalized spacial score (nSPS) is 10.8. The van der Waals surface area contributed by atoms with Crippen molar-refractivity contribution in [1.82, 2.24) is 0 Å². The lowest BCUT2D eigenvalue weighted by Crippen LogP contribution is -2.15. The summed E-state index contributed by atoms with van der Waals surface area (Å²) in [6, 6.07) is 11.2. The zero-order valence-electron chi connectivity index (χ0n) is 15.1. The number of benzene rings is 2. The molecule has 2 rings (SSSR count). The summed E-state index contributed by atoms with van der Waals surface area (Å²) in [5, 5.41) is 12.5. The molecule has 0 aliphatic heterocycles. The molecule has 0 fully saturated rings. The van der Waals surface area contributed by atoms with Crippen molar-refractivity contribution in [1.29, 1.82) is 5.26 Å². The third-order valence-corrected chi connectivity index (χ3v) is 4.14. The first-order valence-electron chi connectivity index (χ1n) is 8.13. The maximum absolute atomic E-state index is 12.5. The van der Waals surface area contributed by atoms with Gasteiger partial charge in [0.1, 0.15) is 23.0 Å². The fourth-order valence-corrected chi connectivity index (χ4v) is 2.59. The summed E-state index contributed by atoms with van der Waals surface area (Å²) >= 11 is 12.0. The standard InChI is InChI=1S/C20H16Cl2N2O4/c1-3-28-20(26)15-9-16(22)17(10-18(15)27-2)24-19(25)13(11-23)8-12-4-6-14(21)7-5-12/h4-10H,3H2,1-2H3,(H,24,25)/b13-8+. The van der Waals surface area contributed by atoms with E-state index in [1.165, 1.54) is 25.3 Å². The molecule has 2 aromatic rings. The number of hydrogen-bond donors (Lipinski definition) is 1. The van der Waals surface area contributed by atoms with Crippen LogP contribution in [-0.4, -0.2) is 25.6 Å². The molecular weight excluding hydrogens is 403 g/mol. The lowest BCUT2D eigenvalue weighted by molar-refractivity contribution is -0.112. The van der Waals surface area contributed by atoms with Crippen molar-refractivity contribution in [2.24, 2.45) is 0 Å². The number of nitrogens with zero attached hydrogens (tertiary/aromatic N) is 1. The number of nitriles is 1. The van der Waals surface area contributed by atoms with Crippen LogP contribution in [0, 0.1) is 11.3 Å². The molecule has 0 spiro atoms. The highest BCUT2D eigenvalue weighted by atomic mass is 35.5. The van der Waals surface area contributed by atoms with E-state index >= 15 is 0 Å². The lowest BCUT2D eigenvalue weighted by Gasteiger charge is -2.12.